The fraction of sp³-hybridized carbons (Fsp3) is 0.750. The van der Waals surface area contributed by atoms with Crippen LogP contribution < -0.4 is 0 Å². The van der Waals surface area contributed by atoms with Crippen molar-refractivity contribution in [3.63, 3.8) is 0 Å². The molecule has 0 aromatic rings. The van der Waals surface area contributed by atoms with E-state index in [0.717, 1.165) is 12.5 Å². The molecule has 0 rings (SSSR count). The molecule has 0 bridgehead atoms. The largest absolute Gasteiger partial charge is 0.513 e. The highest BCUT2D eigenvalue weighted by Crippen LogP contribution is 2.11. The molecular formula is C12H24O4Si. The third kappa shape index (κ3) is 6.60. The van der Waals surface area contributed by atoms with E-state index in [4.69, 9.17) is 13.9 Å². The molecule has 0 N–H and O–H groups in total. The lowest BCUT2D eigenvalue weighted by Crippen LogP contribution is -2.40. The maximum atomic E-state index is 11.5. The molecule has 0 fully saturated rings. The van der Waals surface area contributed by atoms with Gasteiger partial charge in [0.25, 0.3) is 9.04 Å². The molecule has 0 heterocycles. The minimum atomic E-state index is -1.85. The SMILES string of the molecule is C=C(C)C(=O)O[SiH](CCC)C(OCC)OCC. The Morgan fingerprint density at radius 3 is 2.12 bits per heavy atom. The number of ether oxygens (including phenoxy) is 2. The first-order valence-corrected chi connectivity index (χ1v) is 8.11. The van der Waals surface area contributed by atoms with Crippen LogP contribution in [0.3, 0.4) is 0 Å². The second-order valence-electron chi connectivity index (χ2n) is 3.79. The molecule has 0 radical (unpaired) electrons. The third-order valence-electron chi connectivity index (χ3n) is 2.15. The minimum absolute atomic E-state index is 0.334. The van der Waals surface area contributed by atoms with Gasteiger partial charge in [0.15, 0.2) is 5.91 Å². The molecule has 17 heavy (non-hydrogen) atoms. The predicted molar refractivity (Wildman–Crippen MR) is 70.2 cm³/mol. The normalized spacial score (nSPS) is 12.5. The molecule has 4 nitrogen and oxygen atoms in total. The lowest BCUT2D eigenvalue weighted by atomic mass is 10.4. The Hall–Kier alpha value is -0.653. The van der Waals surface area contributed by atoms with E-state index in [0.29, 0.717) is 18.8 Å². The Morgan fingerprint density at radius 1 is 1.24 bits per heavy atom. The molecule has 0 aliphatic heterocycles. The Balaban J connectivity index is 4.53. The first kappa shape index (κ1) is 16.3. The van der Waals surface area contributed by atoms with Gasteiger partial charge in [-0.25, -0.2) is 4.79 Å². The summed E-state index contributed by atoms with van der Waals surface area (Å²) >= 11 is 0. The zero-order valence-electron chi connectivity index (χ0n) is 11.3. The Bertz CT molecular complexity index is 237. The smallest absolute Gasteiger partial charge is 0.319 e. The van der Waals surface area contributed by atoms with Crippen molar-refractivity contribution in [2.24, 2.45) is 0 Å². The highest BCUT2D eigenvalue weighted by Gasteiger charge is 2.28. The standard InChI is InChI=1S/C12H24O4Si/c1-6-9-17(16-11(13)10(4)5)12(14-7-2)15-8-3/h12,17H,4,6-9H2,1-3,5H3. The summed E-state index contributed by atoms with van der Waals surface area (Å²) in [4.78, 5) is 11.5. The van der Waals surface area contributed by atoms with Gasteiger partial charge in [-0.15, -0.1) is 0 Å². The second-order valence-corrected chi connectivity index (χ2v) is 6.23. The van der Waals surface area contributed by atoms with Crippen LogP contribution >= 0.6 is 0 Å². The summed E-state index contributed by atoms with van der Waals surface area (Å²) in [6, 6.07) is 0.851. The number of hydrogen-bond donors (Lipinski definition) is 0. The number of carbonyl (C=O) groups is 1. The first-order valence-electron chi connectivity index (χ1n) is 6.16. The molecule has 0 aromatic carbocycles. The third-order valence-corrected chi connectivity index (χ3v) is 4.80. The Kier molecular flexibility index (Phi) is 9.02. The highest BCUT2D eigenvalue weighted by molar-refractivity contribution is 6.55. The Labute approximate surface area is 106 Å². The maximum absolute atomic E-state index is 11.5. The van der Waals surface area contributed by atoms with Crippen molar-refractivity contribution >= 4 is 15.0 Å². The van der Waals surface area contributed by atoms with Gasteiger partial charge in [-0.2, -0.15) is 0 Å². The van der Waals surface area contributed by atoms with Crippen LogP contribution in [0, 0.1) is 0 Å². The van der Waals surface area contributed by atoms with E-state index >= 15 is 0 Å². The molecule has 0 spiro atoms. The monoisotopic (exact) mass is 260 g/mol. The van der Waals surface area contributed by atoms with E-state index in [1.165, 1.54) is 0 Å². The molecule has 0 saturated carbocycles. The molecular weight excluding hydrogens is 236 g/mol. The van der Waals surface area contributed by atoms with Gasteiger partial charge in [0.05, 0.1) is 0 Å². The van der Waals surface area contributed by atoms with E-state index < -0.39 is 9.04 Å². The summed E-state index contributed by atoms with van der Waals surface area (Å²) in [5.74, 6) is -0.687. The van der Waals surface area contributed by atoms with E-state index in [9.17, 15) is 4.79 Å². The van der Waals surface area contributed by atoms with Gasteiger partial charge in [-0.05, 0) is 26.8 Å². The van der Waals surface area contributed by atoms with E-state index in [-0.39, 0.29) is 11.9 Å². The summed E-state index contributed by atoms with van der Waals surface area (Å²) in [6.07, 6.45) is 0.955. The van der Waals surface area contributed by atoms with Gasteiger partial charge in [0, 0.05) is 18.8 Å². The molecule has 0 aromatic heterocycles. The van der Waals surface area contributed by atoms with Crippen LogP contribution in [0.4, 0.5) is 0 Å². The van der Waals surface area contributed by atoms with Crippen molar-refractivity contribution in [3.05, 3.63) is 12.2 Å². The van der Waals surface area contributed by atoms with Crippen molar-refractivity contribution < 1.29 is 18.7 Å². The van der Waals surface area contributed by atoms with Gasteiger partial charge in [-0.1, -0.05) is 19.9 Å². The van der Waals surface area contributed by atoms with Crippen LogP contribution in [0.5, 0.6) is 0 Å². The summed E-state index contributed by atoms with van der Waals surface area (Å²) < 4.78 is 16.5. The molecule has 0 aliphatic rings. The number of carbonyl (C=O) groups excluding carboxylic acids is 1. The van der Waals surface area contributed by atoms with Gasteiger partial charge in [0.1, 0.15) is 0 Å². The van der Waals surface area contributed by atoms with Crippen LogP contribution in [0.1, 0.15) is 34.1 Å². The van der Waals surface area contributed by atoms with Crippen molar-refractivity contribution in [2.75, 3.05) is 13.2 Å². The fourth-order valence-electron chi connectivity index (χ4n) is 1.36. The quantitative estimate of drug-likeness (QED) is 0.362. The first-order chi connectivity index (χ1) is 8.06. The molecule has 0 saturated heterocycles. The minimum Gasteiger partial charge on any atom is -0.513 e. The highest BCUT2D eigenvalue weighted by atomic mass is 28.3. The van der Waals surface area contributed by atoms with Crippen molar-refractivity contribution in [2.45, 2.75) is 46.1 Å². The lowest BCUT2D eigenvalue weighted by Gasteiger charge is -2.25. The van der Waals surface area contributed by atoms with Crippen LogP contribution in [-0.4, -0.2) is 34.1 Å². The molecule has 1 unspecified atom stereocenters. The van der Waals surface area contributed by atoms with E-state index in [1.54, 1.807) is 6.92 Å². The molecule has 1 atom stereocenters. The van der Waals surface area contributed by atoms with Crippen LogP contribution in [-0.2, 0) is 18.7 Å². The van der Waals surface area contributed by atoms with Crippen molar-refractivity contribution in [1.29, 1.82) is 0 Å². The molecule has 0 aliphatic carbocycles. The van der Waals surface area contributed by atoms with Crippen LogP contribution in [0.25, 0.3) is 0 Å². The van der Waals surface area contributed by atoms with Crippen molar-refractivity contribution in [1.82, 2.24) is 0 Å². The van der Waals surface area contributed by atoms with Crippen molar-refractivity contribution in [3.8, 4) is 0 Å². The number of rotatable bonds is 9. The predicted octanol–water partition coefficient (Wildman–Crippen LogP) is 2.18. The summed E-state index contributed by atoms with van der Waals surface area (Å²) in [7, 11) is -1.85. The van der Waals surface area contributed by atoms with Gasteiger partial charge in [0.2, 0.25) is 0 Å². The van der Waals surface area contributed by atoms with E-state index in [1.807, 2.05) is 13.8 Å². The fourth-order valence-corrected chi connectivity index (χ4v) is 3.72. The Morgan fingerprint density at radius 2 is 1.76 bits per heavy atom. The van der Waals surface area contributed by atoms with E-state index in [2.05, 4.69) is 13.5 Å². The molecule has 5 heteroatoms. The summed E-state index contributed by atoms with van der Waals surface area (Å²) in [6.45, 7) is 12.2. The molecule has 100 valence electrons. The van der Waals surface area contributed by atoms with Gasteiger partial charge < -0.3 is 13.9 Å². The maximum Gasteiger partial charge on any atom is 0.319 e. The number of hydrogen-bond acceptors (Lipinski definition) is 4. The van der Waals surface area contributed by atoms with Crippen LogP contribution in [0.15, 0.2) is 12.2 Å². The average molecular weight is 260 g/mol. The van der Waals surface area contributed by atoms with Gasteiger partial charge in [-0.3, -0.25) is 0 Å². The second kappa shape index (κ2) is 9.38. The summed E-state index contributed by atoms with van der Waals surface area (Å²) in [5, 5.41) is 0. The zero-order chi connectivity index (χ0) is 13.3. The van der Waals surface area contributed by atoms with Crippen LogP contribution in [0.2, 0.25) is 6.04 Å². The summed E-state index contributed by atoms with van der Waals surface area (Å²) in [5.41, 5.74) is 0.422. The topological polar surface area (TPSA) is 44.8 Å². The molecule has 0 amide bonds. The zero-order valence-corrected chi connectivity index (χ0v) is 12.5. The van der Waals surface area contributed by atoms with Gasteiger partial charge >= 0.3 is 5.97 Å². The lowest BCUT2D eigenvalue weighted by molar-refractivity contribution is -0.134. The average Bonchev–Trinajstić information content (AvgIpc) is 2.28.